The van der Waals surface area contributed by atoms with Crippen LogP contribution in [0.25, 0.3) is 0 Å². The van der Waals surface area contributed by atoms with Crippen molar-refractivity contribution in [3.05, 3.63) is 101 Å². The van der Waals surface area contributed by atoms with Crippen LogP contribution in [0.5, 0.6) is 5.75 Å². The number of phenolic OH excluding ortho intramolecular Hbond substituents is 1. The number of unbranched alkanes of at least 4 members (excludes halogenated alkanes) is 1. The van der Waals surface area contributed by atoms with Gasteiger partial charge in [0.15, 0.2) is 0 Å². The predicted molar refractivity (Wildman–Crippen MR) is 115 cm³/mol. The summed E-state index contributed by atoms with van der Waals surface area (Å²) in [4.78, 5) is 0. The van der Waals surface area contributed by atoms with Crippen LogP contribution in [0.1, 0.15) is 73.3 Å². The summed E-state index contributed by atoms with van der Waals surface area (Å²) in [6.07, 6.45) is 3.39. The molecule has 0 spiro atoms. The molecule has 0 heterocycles. The summed E-state index contributed by atoms with van der Waals surface area (Å²) < 4.78 is 0. The minimum Gasteiger partial charge on any atom is -0.508 e. The summed E-state index contributed by atoms with van der Waals surface area (Å²) in [6.45, 7) is 6.70. The van der Waals surface area contributed by atoms with Gasteiger partial charge in [-0.2, -0.15) is 0 Å². The molecular weight excluding hydrogens is 328 g/mol. The molecule has 0 amide bonds. The van der Waals surface area contributed by atoms with Gasteiger partial charge in [0.1, 0.15) is 5.75 Å². The highest BCUT2D eigenvalue weighted by Crippen LogP contribution is 2.41. The Morgan fingerprint density at radius 3 is 1.74 bits per heavy atom. The fourth-order valence-electron chi connectivity index (χ4n) is 4.04. The van der Waals surface area contributed by atoms with Crippen molar-refractivity contribution in [1.29, 1.82) is 0 Å². The van der Waals surface area contributed by atoms with Crippen LogP contribution in [0.15, 0.2) is 72.8 Å². The molecule has 3 aromatic carbocycles. The van der Waals surface area contributed by atoms with Crippen LogP contribution in [0.2, 0.25) is 0 Å². The summed E-state index contributed by atoms with van der Waals surface area (Å²) >= 11 is 0. The van der Waals surface area contributed by atoms with Gasteiger partial charge in [-0.3, -0.25) is 0 Å². The van der Waals surface area contributed by atoms with Crippen molar-refractivity contribution in [3.63, 3.8) is 0 Å². The van der Waals surface area contributed by atoms with E-state index in [0.717, 1.165) is 12.0 Å². The molecule has 140 valence electrons. The van der Waals surface area contributed by atoms with E-state index in [9.17, 15) is 5.11 Å². The third-order valence-electron chi connectivity index (χ3n) is 5.62. The highest BCUT2D eigenvalue weighted by Gasteiger charge is 2.24. The number of aromatic hydroxyl groups is 1. The Bertz CT molecular complexity index is 852. The van der Waals surface area contributed by atoms with Crippen molar-refractivity contribution in [2.45, 2.75) is 51.9 Å². The number of hydrogen-bond acceptors (Lipinski definition) is 1. The second kappa shape index (κ2) is 8.90. The average Bonchev–Trinajstić information content (AvgIpc) is 2.73. The summed E-state index contributed by atoms with van der Waals surface area (Å²) in [5.41, 5.74) is 6.27. The molecule has 0 aromatic heterocycles. The van der Waals surface area contributed by atoms with Crippen molar-refractivity contribution in [2.75, 3.05) is 0 Å². The molecule has 0 fully saturated rings. The fraction of sp³-hybridized carbons (Fsp3) is 0.308. The monoisotopic (exact) mass is 358 g/mol. The molecule has 0 aliphatic rings. The molecule has 27 heavy (non-hydrogen) atoms. The molecule has 0 radical (unpaired) electrons. The molecule has 3 aromatic rings. The first kappa shape index (κ1) is 19.2. The van der Waals surface area contributed by atoms with Crippen molar-refractivity contribution in [1.82, 2.24) is 0 Å². The third kappa shape index (κ3) is 4.24. The van der Waals surface area contributed by atoms with E-state index in [1.165, 1.54) is 35.1 Å². The second-order valence-corrected chi connectivity index (χ2v) is 7.44. The lowest BCUT2D eigenvalue weighted by molar-refractivity contribution is 0.463. The fourth-order valence-corrected chi connectivity index (χ4v) is 4.04. The molecule has 3 rings (SSSR count). The summed E-state index contributed by atoms with van der Waals surface area (Å²) in [6, 6.07) is 25.1. The van der Waals surface area contributed by atoms with E-state index < -0.39 is 0 Å². The first-order valence-corrected chi connectivity index (χ1v) is 10.1. The van der Waals surface area contributed by atoms with Gasteiger partial charge in [0.05, 0.1) is 0 Å². The Morgan fingerprint density at radius 2 is 1.22 bits per heavy atom. The number of hydrogen-bond donors (Lipinski definition) is 1. The van der Waals surface area contributed by atoms with Crippen molar-refractivity contribution < 1.29 is 5.11 Å². The van der Waals surface area contributed by atoms with Crippen LogP contribution in [0.3, 0.4) is 0 Å². The van der Waals surface area contributed by atoms with Gasteiger partial charge in [-0.25, -0.2) is 0 Å². The van der Waals surface area contributed by atoms with Gasteiger partial charge in [0.2, 0.25) is 0 Å². The van der Waals surface area contributed by atoms with E-state index in [1.54, 1.807) is 0 Å². The first-order valence-electron chi connectivity index (χ1n) is 10.1. The molecule has 1 N–H and O–H groups in total. The minimum atomic E-state index is 0.147. The summed E-state index contributed by atoms with van der Waals surface area (Å²) in [5.74, 6) is 0.796. The zero-order valence-corrected chi connectivity index (χ0v) is 16.7. The zero-order valence-electron chi connectivity index (χ0n) is 16.7. The van der Waals surface area contributed by atoms with Crippen LogP contribution in [0.4, 0.5) is 0 Å². The van der Waals surface area contributed by atoms with Gasteiger partial charge in [-0.05, 0) is 41.2 Å². The van der Waals surface area contributed by atoms with Gasteiger partial charge in [-0.15, -0.1) is 0 Å². The molecule has 0 aliphatic heterocycles. The number of rotatable bonds is 7. The molecule has 0 saturated carbocycles. The molecular formula is C26H30O. The van der Waals surface area contributed by atoms with E-state index in [1.807, 2.05) is 12.1 Å². The molecule has 2 atom stereocenters. The topological polar surface area (TPSA) is 20.2 Å². The van der Waals surface area contributed by atoms with Gasteiger partial charge in [-0.1, -0.05) is 93.9 Å². The normalized spacial score (nSPS) is 13.3. The molecule has 0 aliphatic carbocycles. The molecule has 1 heteroatoms. The number of benzene rings is 3. The van der Waals surface area contributed by atoms with Crippen LogP contribution < -0.4 is 0 Å². The molecule has 0 bridgehead atoms. The maximum Gasteiger partial charge on any atom is 0.119 e. The van der Waals surface area contributed by atoms with Gasteiger partial charge in [0, 0.05) is 17.4 Å². The highest BCUT2D eigenvalue weighted by atomic mass is 16.3. The van der Waals surface area contributed by atoms with Crippen molar-refractivity contribution >= 4 is 0 Å². The maximum atomic E-state index is 10.9. The Kier molecular flexibility index (Phi) is 6.34. The quantitative estimate of drug-likeness (QED) is 0.480. The molecule has 1 nitrogen and oxygen atoms in total. The van der Waals surface area contributed by atoms with Crippen LogP contribution in [-0.4, -0.2) is 5.11 Å². The average molecular weight is 359 g/mol. The second-order valence-electron chi connectivity index (χ2n) is 7.44. The lowest BCUT2D eigenvalue weighted by Crippen LogP contribution is -2.10. The standard InChI is InChI=1S/C26H30O/c1-4-5-12-23-17-18-24(27)26(20(3)22-15-10-7-11-16-22)25(23)19(2)21-13-8-6-9-14-21/h6-11,13-20,27H,4-5,12H2,1-3H3. The minimum absolute atomic E-state index is 0.147. The first-order chi connectivity index (χ1) is 13.1. The van der Waals surface area contributed by atoms with Crippen LogP contribution >= 0.6 is 0 Å². The molecule has 0 saturated heterocycles. The van der Waals surface area contributed by atoms with E-state index in [0.29, 0.717) is 5.75 Å². The van der Waals surface area contributed by atoms with Crippen LogP contribution in [0, 0.1) is 0 Å². The third-order valence-corrected chi connectivity index (χ3v) is 5.62. The SMILES string of the molecule is CCCCc1ccc(O)c(C(C)c2ccccc2)c1C(C)c1ccccc1. The Balaban J connectivity index is 2.16. The predicted octanol–water partition coefficient (Wildman–Crippen LogP) is 7.04. The zero-order chi connectivity index (χ0) is 19.2. The highest BCUT2D eigenvalue weighted by molar-refractivity contribution is 5.53. The lowest BCUT2D eigenvalue weighted by Gasteiger charge is -2.26. The summed E-state index contributed by atoms with van der Waals surface area (Å²) in [5, 5.41) is 10.9. The Hall–Kier alpha value is -2.54. The van der Waals surface area contributed by atoms with Gasteiger partial charge < -0.3 is 5.11 Å². The van der Waals surface area contributed by atoms with Gasteiger partial charge >= 0.3 is 0 Å². The van der Waals surface area contributed by atoms with Crippen molar-refractivity contribution in [2.24, 2.45) is 0 Å². The number of phenols is 1. The maximum absolute atomic E-state index is 10.9. The Morgan fingerprint density at radius 1 is 0.704 bits per heavy atom. The van der Waals surface area contributed by atoms with Crippen LogP contribution in [-0.2, 0) is 6.42 Å². The van der Waals surface area contributed by atoms with Gasteiger partial charge in [0.25, 0.3) is 0 Å². The van der Waals surface area contributed by atoms with E-state index >= 15 is 0 Å². The largest absolute Gasteiger partial charge is 0.508 e. The van der Waals surface area contributed by atoms with E-state index in [4.69, 9.17) is 0 Å². The van der Waals surface area contributed by atoms with E-state index in [2.05, 4.69) is 81.4 Å². The number of aryl methyl sites for hydroxylation is 1. The Labute approximate surface area is 163 Å². The lowest BCUT2D eigenvalue weighted by atomic mass is 9.79. The smallest absolute Gasteiger partial charge is 0.119 e. The summed E-state index contributed by atoms with van der Waals surface area (Å²) in [7, 11) is 0. The molecule has 2 unspecified atom stereocenters. The van der Waals surface area contributed by atoms with E-state index in [-0.39, 0.29) is 11.8 Å². The van der Waals surface area contributed by atoms with Crippen molar-refractivity contribution in [3.8, 4) is 5.75 Å².